The summed E-state index contributed by atoms with van der Waals surface area (Å²) in [7, 11) is 1.29. The Labute approximate surface area is 156 Å². The maximum absolute atomic E-state index is 11.3. The lowest BCUT2D eigenvalue weighted by Crippen LogP contribution is -2.30. The summed E-state index contributed by atoms with van der Waals surface area (Å²) in [6.07, 6.45) is 4.06. The highest BCUT2D eigenvalue weighted by Crippen LogP contribution is 2.34. The Bertz CT molecular complexity index is 872. The van der Waals surface area contributed by atoms with Crippen molar-refractivity contribution in [2.45, 2.75) is 31.4 Å². The number of carbonyl (C=O) groups is 1. The molecule has 1 heterocycles. The highest BCUT2D eigenvalue weighted by Gasteiger charge is 2.24. The molecule has 1 unspecified atom stereocenters. The zero-order chi connectivity index (χ0) is 18.5. The van der Waals surface area contributed by atoms with Gasteiger partial charge in [-0.25, -0.2) is 9.97 Å². The number of benzene rings is 1. The summed E-state index contributed by atoms with van der Waals surface area (Å²) < 4.78 is 10.3. The van der Waals surface area contributed by atoms with Crippen LogP contribution in [0.25, 0.3) is 11.3 Å². The predicted molar refractivity (Wildman–Crippen MR) is 97.6 cm³/mol. The van der Waals surface area contributed by atoms with Gasteiger partial charge in [0.15, 0.2) is 0 Å². The van der Waals surface area contributed by atoms with Crippen LogP contribution in [0.4, 0.5) is 0 Å². The Morgan fingerprint density at radius 2 is 2.19 bits per heavy atom. The molecule has 0 saturated heterocycles. The van der Waals surface area contributed by atoms with Crippen molar-refractivity contribution in [2.24, 2.45) is 5.73 Å². The number of halogens is 1. The van der Waals surface area contributed by atoms with E-state index in [1.807, 2.05) is 18.2 Å². The van der Waals surface area contributed by atoms with Crippen molar-refractivity contribution in [2.75, 3.05) is 7.11 Å². The molecule has 26 heavy (non-hydrogen) atoms. The van der Waals surface area contributed by atoms with Gasteiger partial charge in [-0.3, -0.25) is 4.79 Å². The molecule has 1 aliphatic rings. The van der Waals surface area contributed by atoms with Crippen LogP contribution in [0.1, 0.15) is 25.0 Å². The third kappa shape index (κ3) is 4.72. The molecule has 0 spiro atoms. The molecule has 1 fully saturated rings. The second-order valence-electron chi connectivity index (χ2n) is 5.89. The minimum atomic E-state index is -0.772. The van der Waals surface area contributed by atoms with E-state index >= 15 is 0 Å². The van der Waals surface area contributed by atoms with Crippen LogP contribution < -0.4 is 10.5 Å². The van der Waals surface area contributed by atoms with Crippen LogP contribution in [0, 0.1) is 11.8 Å². The molecule has 1 atom stereocenters. The molecule has 7 heteroatoms. The van der Waals surface area contributed by atoms with Crippen LogP contribution in [0.3, 0.4) is 0 Å². The fourth-order valence-corrected chi connectivity index (χ4v) is 2.42. The van der Waals surface area contributed by atoms with Gasteiger partial charge < -0.3 is 15.2 Å². The van der Waals surface area contributed by atoms with Crippen LogP contribution >= 0.6 is 11.6 Å². The summed E-state index contributed by atoms with van der Waals surface area (Å²) in [4.78, 5) is 19.6. The van der Waals surface area contributed by atoms with Gasteiger partial charge in [-0.15, -0.1) is 0 Å². The number of aromatic nitrogens is 2. The first-order chi connectivity index (χ1) is 12.6. The zero-order valence-corrected chi connectivity index (χ0v) is 15.0. The second kappa shape index (κ2) is 8.17. The third-order valence-corrected chi connectivity index (χ3v) is 4.05. The number of hydrogen-bond acceptors (Lipinski definition) is 6. The van der Waals surface area contributed by atoms with Crippen molar-refractivity contribution in [3.05, 3.63) is 41.3 Å². The van der Waals surface area contributed by atoms with Crippen LogP contribution in [0.2, 0.25) is 5.02 Å². The van der Waals surface area contributed by atoms with E-state index in [1.54, 1.807) is 6.07 Å². The maximum atomic E-state index is 11.3. The molecule has 1 aromatic heterocycles. The Kier molecular flexibility index (Phi) is 5.71. The van der Waals surface area contributed by atoms with Crippen molar-refractivity contribution in [1.82, 2.24) is 9.97 Å². The van der Waals surface area contributed by atoms with Gasteiger partial charge >= 0.3 is 5.97 Å². The molecule has 2 aromatic rings. The molecule has 134 valence electrons. The second-order valence-corrected chi connectivity index (χ2v) is 6.29. The number of rotatable bonds is 5. The highest BCUT2D eigenvalue weighted by molar-refractivity contribution is 6.32. The number of nitrogens with two attached hydrogens (primary N) is 1. The Balaban J connectivity index is 1.73. The average Bonchev–Trinajstić information content (AvgIpc) is 3.47. The molecule has 2 N–H and O–H groups in total. The predicted octanol–water partition coefficient (Wildman–Crippen LogP) is 2.58. The average molecular weight is 372 g/mol. The monoisotopic (exact) mass is 371 g/mol. The number of esters is 1. The molecular weight excluding hydrogens is 354 g/mol. The van der Waals surface area contributed by atoms with Crippen molar-refractivity contribution in [1.29, 1.82) is 0 Å². The molecule has 0 radical (unpaired) electrons. The summed E-state index contributed by atoms with van der Waals surface area (Å²) in [6, 6.07) is 6.54. The van der Waals surface area contributed by atoms with Gasteiger partial charge in [0, 0.05) is 12.0 Å². The first-order valence-electron chi connectivity index (χ1n) is 8.17. The van der Waals surface area contributed by atoms with E-state index in [9.17, 15) is 4.79 Å². The number of nitrogens with zero attached hydrogens (tertiary/aromatic N) is 2. The lowest BCUT2D eigenvalue weighted by Gasteiger charge is -2.08. The summed E-state index contributed by atoms with van der Waals surface area (Å²) in [5.41, 5.74) is 7.71. The lowest BCUT2D eigenvalue weighted by atomic mass is 10.1. The number of hydrogen-bond donors (Lipinski definition) is 1. The maximum Gasteiger partial charge on any atom is 0.323 e. The van der Waals surface area contributed by atoms with Gasteiger partial charge in [0.25, 0.3) is 0 Å². The molecule has 1 saturated carbocycles. The summed E-state index contributed by atoms with van der Waals surface area (Å²) in [6.45, 7) is 0. The quantitative estimate of drug-likeness (QED) is 0.642. The summed E-state index contributed by atoms with van der Waals surface area (Å²) in [5.74, 6) is 5.90. The minimum Gasteiger partial charge on any atom is -0.489 e. The topological polar surface area (TPSA) is 87.3 Å². The highest BCUT2D eigenvalue weighted by atomic mass is 35.5. The molecule has 0 aliphatic heterocycles. The first-order valence-corrected chi connectivity index (χ1v) is 8.55. The Hall–Kier alpha value is -2.62. The lowest BCUT2D eigenvalue weighted by molar-refractivity contribution is -0.142. The standard InChI is InChI=1S/C19H18ClN3O3/c1-25-19(24)16(21)4-2-3-13-10-17(23-11-22-13)12-5-8-18(15(20)9-12)26-14-6-7-14/h5,8-11,14,16H,4,6-7,21H2,1H3. The fourth-order valence-electron chi connectivity index (χ4n) is 2.19. The van der Waals surface area contributed by atoms with Crippen molar-refractivity contribution >= 4 is 17.6 Å². The van der Waals surface area contributed by atoms with Crippen molar-refractivity contribution in [3.8, 4) is 28.8 Å². The van der Waals surface area contributed by atoms with Gasteiger partial charge in [-0.2, -0.15) is 0 Å². The SMILES string of the molecule is COC(=O)C(N)CC#Cc1cc(-c2ccc(OC3CC3)c(Cl)c2)ncn1. The van der Waals surface area contributed by atoms with Crippen LogP contribution in [0.5, 0.6) is 5.75 Å². The summed E-state index contributed by atoms with van der Waals surface area (Å²) >= 11 is 6.30. The zero-order valence-electron chi connectivity index (χ0n) is 14.2. The number of methoxy groups -OCH3 is 1. The molecule has 1 aromatic carbocycles. The molecular formula is C19H18ClN3O3. The van der Waals surface area contributed by atoms with E-state index in [2.05, 4.69) is 26.5 Å². The number of ether oxygens (including phenoxy) is 2. The van der Waals surface area contributed by atoms with Gasteiger partial charge in [0.2, 0.25) is 0 Å². The largest absolute Gasteiger partial charge is 0.489 e. The number of carbonyl (C=O) groups excluding carboxylic acids is 1. The fraction of sp³-hybridized carbons (Fsp3) is 0.316. The normalized spacial score (nSPS) is 14.1. The van der Waals surface area contributed by atoms with E-state index in [-0.39, 0.29) is 12.5 Å². The van der Waals surface area contributed by atoms with Crippen LogP contribution in [0.15, 0.2) is 30.6 Å². The van der Waals surface area contributed by atoms with Crippen molar-refractivity contribution in [3.63, 3.8) is 0 Å². The van der Waals surface area contributed by atoms with E-state index in [0.29, 0.717) is 22.2 Å². The molecule has 0 amide bonds. The van der Waals surface area contributed by atoms with E-state index in [4.69, 9.17) is 22.1 Å². The molecule has 1 aliphatic carbocycles. The minimum absolute atomic E-state index is 0.186. The van der Waals surface area contributed by atoms with Crippen molar-refractivity contribution < 1.29 is 14.3 Å². The van der Waals surface area contributed by atoms with Crippen LogP contribution in [-0.2, 0) is 9.53 Å². The molecule has 3 rings (SSSR count). The van der Waals surface area contributed by atoms with Gasteiger partial charge in [-0.05, 0) is 43.0 Å². The Morgan fingerprint density at radius 1 is 1.38 bits per heavy atom. The van der Waals surface area contributed by atoms with Gasteiger partial charge in [0.1, 0.15) is 23.8 Å². The van der Waals surface area contributed by atoms with Gasteiger partial charge in [-0.1, -0.05) is 17.5 Å². The summed E-state index contributed by atoms with van der Waals surface area (Å²) in [5, 5.41) is 0.546. The molecule has 0 bridgehead atoms. The van der Waals surface area contributed by atoms with Crippen LogP contribution in [-0.4, -0.2) is 35.2 Å². The van der Waals surface area contributed by atoms with E-state index < -0.39 is 12.0 Å². The third-order valence-electron chi connectivity index (χ3n) is 3.76. The smallest absolute Gasteiger partial charge is 0.323 e. The van der Waals surface area contributed by atoms with E-state index in [1.165, 1.54) is 13.4 Å². The Morgan fingerprint density at radius 3 is 2.88 bits per heavy atom. The van der Waals surface area contributed by atoms with Gasteiger partial charge in [0.05, 0.1) is 23.9 Å². The molecule has 6 nitrogen and oxygen atoms in total. The first kappa shape index (κ1) is 18.2. The van der Waals surface area contributed by atoms with E-state index in [0.717, 1.165) is 18.4 Å².